The molecule has 0 fully saturated rings. The summed E-state index contributed by atoms with van der Waals surface area (Å²) in [4.78, 5) is 0. The summed E-state index contributed by atoms with van der Waals surface area (Å²) in [6.45, 7) is 3.79. The maximum absolute atomic E-state index is 9.32. The molecule has 0 unspecified atom stereocenters. The van der Waals surface area contributed by atoms with Crippen LogP contribution in [0.5, 0.6) is 0 Å². The molecule has 0 amide bonds. The Hall–Kier alpha value is -0.340. The van der Waals surface area contributed by atoms with Gasteiger partial charge in [-0.1, -0.05) is 18.6 Å². The number of hydrogen-bond acceptors (Lipinski definition) is 2. The molecule has 0 spiro atoms. The summed E-state index contributed by atoms with van der Waals surface area (Å²) in [7, 11) is 0. The number of aliphatic hydroxyl groups excluding tert-OH is 2. The van der Waals surface area contributed by atoms with Gasteiger partial charge in [0.2, 0.25) is 0 Å². The second-order valence-corrected chi connectivity index (χ2v) is 3.13. The second-order valence-electron chi connectivity index (χ2n) is 3.13. The van der Waals surface area contributed by atoms with Gasteiger partial charge in [-0.05, 0) is 13.3 Å². The summed E-state index contributed by atoms with van der Waals surface area (Å²) in [6.07, 6.45) is 1.71. The molecule has 0 bridgehead atoms. The molecule has 1 aliphatic rings. The summed E-state index contributed by atoms with van der Waals surface area (Å²) in [5, 5.41) is 18.6. The van der Waals surface area contributed by atoms with Gasteiger partial charge in [-0.3, -0.25) is 0 Å². The molecule has 0 aromatic carbocycles. The van der Waals surface area contributed by atoms with Gasteiger partial charge < -0.3 is 10.2 Å². The molecule has 0 aromatic rings. The van der Waals surface area contributed by atoms with Crippen LogP contribution in [0.2, 0.25) is 0 Å². The Morgan fingerprint density at radius 2 is 2.10 bits per heavy atom. The van der Waals surface area contributed by atoms with Crippen molar-refractivity contribution in [1.82, 2.24) is 0 Å². The molecule has 1 aliphatic carbocycles. The van der Waals surface area contributed by atoms with Crippen LogP contribution in [0.1, 0.15) is 20.3 Å². The van der Waals surface area contributed by atoms with E-state index >= 15 is 0 Å². The van der Waals surface area contributed by atoms with E-state index in [9.17, 15) is 10.2 Å². The third-order valence-corrected chi connectivity index (χ3v) is 2.13. The molecule has 0 heterocycles. The smallest absolute Gasteiger partial charge is 0.0773 e. The van der Waals surface area contributed by atoms with E-state index in [1.54, 1.807) is 0 Å². The largest absolute Gasteiger partial charge is 0.392 e. The lowest BCUT2D eigenvalue weighted by molar-refractivity contribution is 0.0358. The van der Waals surface area contributed by atoms with E-state index in [0.717, 1.165) is 5.57 Å². The van der Waals surface area contributed by atoms with E-state index in [1.807, 2.05) is 19.9 Å². The minimum Gasteiger partial charge on any atom is -0.392 e. The summed E-state index contributed by atoms with van der Waals surface area (Å²) in [5.41, 5.74) is 1.08. The van der Waals surface area contributed by atoms with Gasteiger partial charge in [0.1, 0.15) is 0 Å². The van der Waals surface area contributed by atoms with Gasteiger partial charge in [0.05, 0.1) is 12.2 Å². The average molecular weight is 142 g/mol. The van der Waals surface area contributed by atoms with Crippen LogP contribution in [0.3, 0.4) is 0 Å². The Bertz CT molecular complexity index is 151. The number of aliphatic hydroxyl groups is 2. The van der Waals surface area contributed by atoms with Gasteiger partial charge in [-0.15, -0.1) is 0 Å². The fraction of sp³-hybridized carbons (Fsp3) is 0.750. The zero-order chi connectivity index (χ0) is 7.72. The van der Waals surface area contributed by atoms with Crippen molar-refractivity contribution in [2.24, 2.45) is 5.92 Å². The summed E-state index contributed by atoms with van der Waals surface area (Å²) >= 11 is 0. The lowest BCUT2D eigenvalue weighted by Crippen LogP contribution is -2.32. The predicted molar refractivity (Wildman–Crippen MR) is 39.6 cm³/mol. The quantitative estimate of drug-likeness (QED) is 0.489. The van der Waals surface area contributed by atoms with E-state index in [1.165, 1.54) is 0 Å². The van der Waals surface area contributed by atoms with Crippen LogP contribution < -0.4 is 0 Å². The highest BCUT2D eigenvalue weighted by atomic mass is 16.3. The van der Waals surface area contributed by atoms with E-state index in [-0.39, 0.29) is 12.0 Å². The number of rotatable bonds is 0. The minimum atomic E-state index is -0.455. The van der Waals surface area contributed by atoms with Crippen LogP contribution in [-0.4, -0.2) is 22.4 Å². The molecule has 2 nitrogen and oxygen atoms in total. The van der Waals surface area contributed by atoms with Gasteiger partial charge in [0, 0.05) is 5.92 Å². The Labute approximate surface area is 61.2 Å². The molecule has 0 saturated heterocycles. The molecular weight excluding hydrogens is 128 g/mol. The average Bonchev–Trinajstić information content (AvgIpc) is 1.82. The zero-order valence-corrected chi connectivity index (χ0v) is 6.41. The van der Waals surface area contributed by atoms with Crippen molar-refractivity contribution in [3.05, 3.63) is 11.6 Å². The molecular formula is C8H14O2. The molecule has 3 atom stereocenters. The van der Waals surface area contributed by atoms with E-state index in [4.69, 9.17) is 0 Å². The lowest BCUT2D eigenvalue weighted by atomic mass is 9.87. The van der Waals surface area contributed by atoms with Gasteiger partial charge >= 0.3 is 0 Å². The topological polar surface area (TPSA) is 40.5 Å². The van der Waals surface area contributed by atoms with Crippen molar-refractivity contribution >= 4 is 0 Å². The predicted octanol–water partition coefficient (Wildman–Crippen LogP) is 0.694. The third-order valence-electron chi connectivity index (χ3n) is 2.13. The molecule has 0 aromatic heterocycles. The first kappa shape index (κ1) is 7.76. The molecule has 2 heteroatoms. The normalized spacial score (nSPS) is 41.2. The SMILES string of the molecule is CC1=C[C@@H](O)[C@@H](C)[C@H](O)C1. The van der Waals surface area contributed by atoms with Gasteiger partial charge in [-0.25, -0.2) is 0 Å². The van der Waals surface area contributed by atoms with Crippen LogP contribution in [0.25, 0.3) is 0 Å². The van der Waals surface area contributed by atoms with Crippen LogP contribution in [0, 0.1) is 5.92 Å². The monoisotopic (exact) mass is 142 g/mol. The highest BCUT2D eigenvalue weighted by Crippen LogP contribution is 2.23. The molecule has 1 rings (SSSR count). The van der Waals surface area contributed by atoms with Crippen LogP contribution in [-0.2, 0) is 0 Å². The fourth-order valence-electron chi connectivity index (χ4n) is 1.25. The first-order valence-corrected chi connectivity index (χ1v) is 3.64. The Kier molecular flexibility index (Phi) is 2.11. The first-order valence-electron chi connectivity index (χ1n) is 3.64. The van der Waals surface area contributed by atoms with E-state index in [0.29, 0.717) is 6.42 Å². The molecule has 0 aliphatic heterocycles. The Balaban J connectivity index is 2.69. The van der Waals surface area contributed by atoms with Crippen LogP contribution in [0.4, 0.5) is 0 Å². The molecule has 2 N–H and O–H groups in total. The summed E-state index contributed by atoms with van der Waals surface area (Å²) < 4.78 is 0. The van der Waals surface area contributed by atoms with E-state index in [2.05, 4.69) is 0 Å². The fourth-order valence-corrected chi connectivity index (χ4v) is 1.25. The summed E-state index contributed by atoms with van der Waals surface area (Å²) in [6, 6.07) is 0. The third kappa shape index (κ3) is 1.39. The van der Waals surface area contributed by atoms with Crippen molar-refractivity contribution in [2.45, 2.75) is 32.5 Å². The molecule has 10 heavy (non-hydrogen) atoms. The van der Waals surface area contributed by atoms with Crippen molar-refractivity contribution < 1.29 is 10.2 Å². The Morgan fingerprint density at radius 1 is 1.50 bits per heavy atom. The number of hydrogen-bond donors (Lipinski definition) is 2. The van der Waals surface area contributed by atoms with E-state index < -0.39 is 6.10 Å². The van der Waals surface area contributed by atoms with Crippen LogP contribution in [0.15, 0.2) is 11.6 Å². The first-order chi connectivity index (χ1) is 4.61. The van der Waals surface area contributed by atoms with Crippen molar-refractivity contribution in [3.63, 3.8) is 0 Å². The Morgan fingerprint density at radius 3 is 2.60 bits per heavy atom. The molecule has 58 valence electrons. The highest BCUT2D eigenvalue weighted by molar-refractivity contribution is 5.09. The van der Waals surface area contributed by atoms with Gasteiger partial charge in [-0.2, -0.15) is 0 Å². The minimum absolute atomic E-state index is 0.0105. The van der Waals surface area contributed by atoms with Crippen molar-refractivity contribution in [1.29, 1.82) is 0 Å². The maximum atomic E-state index is 9.32. The lowest BCUT2D eigenvalue weighted by Gasteiger charge is -2.27. The maximum Gasteiger partial charge on any atom is 0.0773 e. The van der Waals surface area contributed by atoms with Crippen LogP contribution >= 0.6 is 0 Å². The molecule has 0 radical (unpaired) electrons. The molecule has 0 saturated carbocycles. The second kappa shape index (κ2) is 2.72. The highest BCUT2D eigenvalue weighted by Gasteiger charge is 2.25. The zero-order valence-electron chi connectivity index (χ0n) is 6.41. The van der Waals surface area contributed by atoms with Gasteiger partial charge in [0.25, 0.3) is 0 Å². The van der Waals surface area contributed by atoms with Crippen molar-refractivity contribution in [2.75, 3.05) is 0 Å². The summed E-state index contributed by atoms with van der Waals surface area (Å²) in [5.74, 6) is -0.0105. The van der Waals surface area contributed by atoms with Crippen molar-refractivity contribution in [3.8, 4) is 0 Å². The standard InChI is InChI=1S/C8H14O2/c1-5-3-7(9)6(2)8(10)4-5/h3,6-10H,4H2,1-2H3/t6-,7-,8-/m1/s1. The van der Waals surface area contributed by atoms with Gasteiger partial charge in [0.15, 0.2) is 0 Å².